The number of aromatic nitrogens is 1. The molecule has 1 aromatic heterocycles. The van der Waals surface area contributed by atoms with Crippen molar-refractivity contribution in [2.75, 3.05) is 6.54 Å². The molecule has 0 saturated carbocycles. The summed E-state index contributed by atoms with van der Waals surface area (Å²) in [5, 5.41) is 6.78. The maximum absolute atomic E-state index is 11.9. The van der Waals surface area contributed by atoms with E-state index in [9.17, 15) is 4.79 Å². The Morgan fingerprint density at radius 3 is 2.59 bits per heavy atom. The number of carbonyl (C=O) groups excluding carboxylic acids is 1. The summed E-state index contributed by atoms with van der Waals surface area (Å²) < 4.78 is 5.09. The van der Waals surface area contributed by atoms with Gasteiger partial charge in [0.25, 0.3) is 0 Å². The van der Waals surface area contributed by atoms with Crippen molar-refractivity contribution < 1.29 is 9.32 Å². The van der Waals surface area contributed by atoms with Gasteiger partial charge in [-0.2, -0.15) is 0 Å². The molecule has 1 amide bonds. The predicted molar refractivity (Wildman–Crippen MR) is 87.9 cm³/mol. The van der Waals surface area contributed by atoms with Crippen LogP contribution in [0.3, 0.4) is 0 Å². The third kappa shape index (κ3) is 4.86. The number of nitrogens with one attached hydrogen (secondary N) is 1. The first-order valence-electron chi connectivity index (χ1n) is 7.07. The molecule has 0 fully saturated rings. The molecular formula is C16H22ClN3O2. The molecule has 0 aliphatic heterocycles. The maximum atomic E-state index is 11.9. The van der Waals surface area contributed by atoms with Crippen LogP contribution < -0.4 is 11.1 Å². The minimum Gasteiger partial charge on any atom is -0.361 e. The number of halogens is 1. The predicted octanol–water partition coefficient (Wildman–Crippen LogP) is 2.46. The van der Waals surface area contributed by atoms with E-state index in [1.807, 2.05) is 44.2 Å². The molecule has 0 aliphatic carbocycles. The summed E-state index contributed by atoms with van der Waals surface area (Å²) in [6.45, 7) is 4.34. The summed E-state index contributed by atoms with van der Waals surface area (Å²) in [6.07, 6.45) is 0.999. The van der Waals surface area contributed by atoms with Gasteiger partial charge in [-0.3, -0.25) is 4.79 Å². The normalized spacial score (nSPS) is 11.6. The second-order valence-corrected chi connectivity index (χ2v) is 5.12. The van der Waals surface area contributed by atoms with E-state index in [1.54, 1.807) is 0 Å². The Morgan fingerprint density at radius 2 is 2.00 bits per heavy atom. The van der Waals surface area contributed by atoms with Gasteiger partial charge in [0.15, 0.2) is 0 Å². The van der Waals surface area contributed by atoms with Crippen molar-refractivity contribution in [1.29, 1.82) is 0 Å². The van der Waals surface area contributed by atoms with Crippen LogP contribution in [0.1, 0.15) is 35.0 Å². The van der Waals surface area contributed by atoms with E-state index in [0.29, 0.717) is 13.0 Å². The standard InChI is InChI=1S/C16H21N3O2.ClH/c1-11-14(12(2)21-19-11)8-9-18-16(20)10-15(17)13-6-4-3-5-7-13;/h3-7,15H,8-10,17H2,1-2H3,(H,18,20);1H. The minimum absolute atomic E-state index is 0. The van der Waals surface area contributed by atoms with Crippen LogP contribution in [0.4, 0.5) is 0 Å². The number of hydrogen-bond donors (Lipinski definition) is 2. The van der Waals surface area contributed by atoms with Gasteiger partial charge < -0.3 is 15.6 Å². The van der Waals surface area contributed by atoms with Crippen LogP contribution in [0, 0.1) is 13.8 Å². The third-order valence-electron chi connectivity index (χ3n) is 3.51. The monoisotopic (exact) mass is 323 g/mol. The Balaban J connectivity index is 0.00000242. The molecule has 3 N–H and O–H groups in total. The molecule has 2 rings (SSSR count). The molecule has 2 aromatic rings. The SMILES string of the molecule is Cc1noc(C)c1CCNC(=O)CC(N)c1ccccc1.Cl. The van der Waals surface area contributed by atoms with Crippen LogP contribution in [0.25, 0.3) is 0 Å². The van der Waals surface area contributed by atoms with Gasteiger partial charge in [-0.15, -0.1) is 12.4 Å². The summed E-state index contributed by atoms with van der Waals surface area (Å²) >= 11 is 0. The average Bonchev–Trinajstić information content (AvgIpc) is 2.80. The molecule has 0 radical (unpaired) electrons. The molecule has 0 bridgehead atoms. The molecule has 1 atom stereocenters. The van der Waals surface area contributed by atoms with Gasteiger partial charge in [-0.05, 0) is 25.8 Å². The summed E-state index contributed by atoms with van der Waals surface area (Å²) in [6, 6.07) is 9.36. The van der Waals surface area contributed by atoms with Crippen LogP contribution in [0.15, 0.2) is 34.9 Å². The topological polar surface area (TPSA) is 81.2 Å². The zero-order chi connectivity index (χ0) is 15.2. The smallest absolute Gasteiger partial charge is 0.221 e. The van der Waals surface area contributed by atoms with Crippen LogP contribution in [0.5, 0.6) is 0 Å². The first-order chi connectivity index (χ1) is 10.1. The van der Waals surface area contributed by atoms with Crippen molar-refractivity contribution in [3.63, 3.8) is 0 Å². The van der Waals surface area contributed by atoms with Gasteiger partial charge in [-0.25, -0.2) is 0 Å². The third-order valence-corrected chi connectivity index (χ3v) is 3.51. The highest BCUT2D eigenvalue weighted by atomic mass is 35.5. The number of benzene rings is 1. The fourth-order valence-corrected chi connectivity index (χ4v) is 2.28. The number of nitrogens with two attached hydrogens (primary N) is 1. The highest BCUT2D eigenvalue weighted by molar-refractivity contribution is 5.85. The van der Waals surface area contributed by atoms with Crippen molar-refractivity contribution in [3.8, 4) is 0 Å². The van der Waals surface area contributed by atoms with E-state index in [-0.39, 0.29) is 30.8 Å². The van der Waals surface area contributed by atoms with Gasteiger partial charge in [-0.1, -0.05) is 35.5 Å². The van der Waals surface area contributed by atoms with Crippen molar-refractivity contribution >= 4 is 18.3 Å². The van der Waals surface area contributed by atoms with E-state index in [2.05, 4.69) is 10.5 Å². The van der Waals surface area contributed by atoms with E-state index < -0.39 is 0 Å². The summed E-state index contributed by atoms with van der Waals surface area (Å²) in [5.41, 5.74) is 8.93. The minimum atomic E-state index is -0.273. The van der Waals surface area contributed by atoms with Gasteiger partial charge >= 0.3 is 0 Å². The number of carbonyl (C=O) groups is 1. The molecule has 6 heteroatoms. The van der Waals surface area contributed by atoms with E-state index in [0.717, 1.165) is 22.6 Å². The molecule has 1 unspecified atom stereocenters. The number of amides is 1. The molecule has 120 valence electrons. The number of aryl methyl sites for hydroxylation is 2. The van der Waals surface area contributed by atoms with Crippen molar-refractivity contribution in [3.05, 3.63) is 52.9 Å². The van der Waals surface area contributed by atoms with Crippen molar-refractivity contribution in [2.24, 2.45) is 5.73 Å². The van der Waals surface area contributed by atoms with Crippen LogP contribution in [-0.2, 0) is 11.2 Å². The highest BCUT2D eigenvalue weighted by Gasteiger charge is 2.12. The van der Waals surface area contributed by atoms with Gasteiger partial charge in [0.2, 0.25) is 5.91 Å². The average molecular weight is 324 g/mol. The number of nitrogens with zero attached hydrogens (tertiary/aromatic N) is 1. The molecule has 0 aliphatic rings. The van der Waals surface area contributed by atoms with E-state index >= 15 is 0 Å². The fraction of sp³-hybridized carbons (Fsp3) is 0.375. The zero-order valence-electron chi connectivity index (χ0n) is 12.8. The highest BCUT2D eigenvalue weighted by Crippen LogP contribution is 2.14. The Hall–Kier alpha value is -1.85. The van der Waals surface area contributed by atoms with Gasteiger partial charge in [0.05, 0.1) is 5.69 Å². The van der Waals surface area contributed by atoms with Gasteiger partial charge in [0, 0.05) is 24.6 Å². The maximum Gasteiger partial charge on any atom is 0.221 e. The van der Waals surface area contributed by atoms with Crippen LogP contribution in [-0.4, -0.2) is 17.6 Å². The number of rotatable bonds is 6. The van der Waals surface area contributed by atoms with E-state index in [1.165, 1.54) is 0 Å². The molecule has 0 saturated heterocycles. The van der Waals surface area contributed by atoms with Crippen molar-refractivity contribution in [2.45, 2.75) is 32.7 Å². The molecular weight excluding hydrogens is 302 g/mol. The first-order valence-corrected chi connectivity index (χ1v) is 7.07. The Morgan fingerprint density at radius 1 is 1.32 bits per heavy atom. The van der Waals surface area contributed by atoms with Crippen LogP contribution >= 0.6 is 12.4 Å². The summed E-state index contributed by atoms with van der Waals surface area (Å²) in [7, 11) is 0. The molecule has 5 nitrogen and oxygen atoms in total. The molecule has 22 heavy (non-hydrogen) atoms. The lowest BCUT2D eigenvalue weighted by atomic mass is 10.0. The molecule has 1 heterocycles. The fourth-order valence-electron chi connectivity index (χ4n) is 2.28. The lowest BCUT2D eigenvalue weighted by Gasteiger charge is -2.12. The number of hydrogen-bond acceptors (Lipinski definition) is 4. The quantitative estimate of drug-likeness (QED) is 0.855. The Labute approximate surface area is 136 Å². The summed E-state index contributed by atoms with van der Waals surface area (Å²) in [4.78, 5) is 11.9. The molecule has 1 aromatic carbocycles. The largest absolute Gasteiger partial charge is 0.361 e. The van der Waals surface area contributed by atoms with Crippen LogP contribution in [0.2, 0.25) is 0 Å². The Kier molecular flexibility index (Phi) is 7.08. The second kappa shape index (κ2) is 8.56. The van der Waals surface area contributed by atoms with E-state index in [4.69, 9.17) is 10.3 Å². The van der Waals surface area contributed by atoms with Crippen molar-refractivity contribution in [1.82, 2.24) is 10.5 Å². The lowest BCUT2D eigenvalue weighted by Crippen LogP contribution is -2.29. The zero-order valence-corrected chi connectivity index (χ0v) is 13.7. The second-order valence-electron chi connectivity index (χ2n) is 5.12. The molecule has 0 spiro atoms. The first kappa shape index (κ1) is 18.2. The summed E-state index contributed by atoms with van der Waals surface area (Å²) in [5.74, 6) is 0.765. The Bertz CT molecular complexity index is 579. The lowest BCUT2D eigenvalue weighted by molar-refractivity contribution is -0.121. The van der Waals surface area contributed by atoms with Gasteiger partial charge in [0.1, 0.15) is 5.76 Å².